The summed E-state index contributed by atoms with van der Waals surface area (Å²) in [5.74, 6) is -4.40. The van der Waals surface area contributed by atoms with Crippen LogP contribution in [0.1, 0.15) is 39.0 Å². The summed E-state index contributed by atoms with van der Waals surface area (Å²) < 4.78 is 38.8. The number of rotatable bonds is 6. The highest BCUT2D eigenvalue weighted by molar-refractivity contribution is 5.74. The molecule has 0 N–H and O–H groups in total. The zero-order valence-corrected chi connectivity index (χ0v) is 14.1. The molecular weight excluding hydrogens is 330 g/mol. The van der Waals surface area contributed by atoms with Gasteiger partial charge in [-0.2, -0.15) is 13.8 Å². The molecular formula is C18H20F2N2O3. The van der Waals surface area contributed by atoms with E-state index in [0.29, 0.717) is 24.3 Å². The minimum atomic E-state index is -3.35. The van der Waals surface area contributed by atoms with E-state index in [1.165, 1.54) is 0 Å². The van der Waals surface area contributed by atoms with E-state index in [9.17, 15) is 13.6 Å². The molecule has 1 saturated heterocycles. The summed E-state index contributed by atoms with van der Waals surface area (Å²) in [6.45, 7) is 3.97. The first-order valence-corrected chi connectivity index (χ1v) is 8.33. The Labute approximate surface area is 144 Å². The molecule has 3 rings (SSSR count). The standard InChI is InChI=1S/C18H20F2N2O3/c1-11(2)8-13-9-14(24-16(13)23)10-18(19,20)17-21-15(22-25-17)12-6-4-3-5-7-12/h3-7,11,13-14H,8-10H2,1-2H3/t13-,14-/m1/s1. The molecule has 0 bridgehead atoms. The van der Waals surface area contributed by atoms with E-state index in [1.807, 2.05) is 13.8 Å². The maximum absolute atomic E-state index is 14.5. The lowest BCUT2D eigenvalue weighted by atomic mass is 9.93. The van der Waals surface area contributed by atoms with E-state index in [1.54, 1.807) is 30.3 Å². The van der Waals surface area contributed by atoms with Crippen molar-refractivity contribution in [3.63, 3.8) is 0 Å². The van der Waals surface area contributed by atoms with Crippen LogP contribution >= 0.6 is 0 Å². The Morgan fingerprint density at radius 3 is 2.68 bits per heavy atom. The van der Waals surface area contributed by atoms with Crippen LogP contribution in [0.15, 0.2) is 34.9 Å². The van der Waals surface area contributed by atoms with Gasteiger partial charge in [-0.25, -0.2) is 0 Å². The predicted octanol–water partition coefficient (Wildman–Crippen LogP) is 4.20. The third-order valence-corrected chi connectivity index (χ3v) is 4.17. The fraction of sp³-hybridized carbons (Fsp3) is 0.500. The molecule has 0 saturated carbocycles. The van der Waals surface area contributed by atoms with Gasteiger partial charge < -0.3 is 9.26 Å². The van der Waals surface area contributed by atoms with Crippen LogP contribution in [-0.2, 0) is 15.5 Å². The maximum atomic E-state index is 14.5. The first kappa shape index (κ1) is 17.5. The van der Waals surface area contributed by atoms with Crippen LogP contribution in [0.3, 0.4) is 0 Å². The van der Waals surface area contributed by atoms with Gasteiger partial charge in [-0.05, 0) is 18.8 Å². The third kappa shape index (κ3) is 4.03. The van der Waals surface area contributed by atoms with Gasteiger partial charge in [0.25, 0.3) is 5.89 Å². The van der Waals surface area contributed by atoms with Crippen molar-refractivity contribution in [1.29, 1.82) is 0 Å². The van der Waals surface area contributed by atoms with Crippen LogP contribution in [0, 0.1) is 11.8 Å². The molecule has 0 spiro atoms. The van der Waals surface area contributed by atoms with Gasteiger partial charge in [0.1, 0.15) is 6.10 Å². The van der Waals surface area contributed by atoms with Gasteiger partial charge >= 0.3 is 11.9 Å². The summed E-state index contributed by atoms with van der Waals surface area (Å²) in [6, 6.07) is 8.75. The minimum Gasteiger partial charge on any atom is -0.462 e. The second-order valence-corrected chi connectivity index (χ2v) is 6.82. The number of aromatic nitrogens is 2. The average Bonchev–Trinajstić information content (AvgIpc) is 3.16. The van der Waals surface area contributed by atoms with Crippen molar-refractivity contribution < 1.29 is 22.8 Å². The lowest BCUT2D eigenvalue weighted by molar-refractivity contribution is -0.148. The second-order valence-electron chi connectivity index (χ2n) is 6.82. The Kier molecular flexibility index (Phi) is 4.83. The minimum absolute atomic E-state index is 0.108. The molecule has 1 aliphatic heterocycles. The average molecular weight is 350 g/mol. The Morgan fingerprint density at radius 2 is 2.00 bits per heavy atom. The van der Waals surface area contributed by atoms with Crippen LogP contribution < -0.4 is 0 Å². The van der Waals surface area contributed by atoms with E-state index < -0.39 is 30.3 Å². The Hall–Kier alpha value is -2.31. The first-order chi connectivity index (χ1) is 11.8. The predicted molar refractivity (Wildman–Crippen MR) is 85.7 cm³/mol. The normalized spacial score (nSPS) is 20.9. The Balaban J connectivity index is 1.68. The van der Waals surface area contributed by atoms with Crippen molar-refractivity contribution in [2.75, 3.05) is 0 Å². The van der Waals surface area contributed by atoms with Gasteiger partial charge in [0.15, 0.2) is 0 Å². The van der Waals surface area contributed by atoms with Gasteiger partial charge in [0, 0.05) is 5.56 Å². The fourth-order valence-corrected chi connectivity index (χ4v) is 3.06. The van der Waals surface area contributed by atoms with Crippen LogP contribution in [0.2, 0.25) is 0 Å². The van der Waals surface area contributed by atoms with E-state index in [0.717, 1.165) is 0 Å². The first-order valence-electron chi connectivity index (χ1n) is 8.33. The van der Waals surface area contributed by atoms with Gasteiger partial charge in [0.2, 0.25) is 5.82 Å². The molecule has 5 nitrogen and oxygen atoms in total. The Bertz CT molecular complexity index is 731. The van der Waals surface area contributed by atoms with Crippen LogP contribution in [0.25, 0.3) is 11.4 Å². The number of carbonyl (C=O) groups excluding carboxylic acids is 1. The number of esters is 1. The van der Waals surface area contributed by atoms with E-state index in [2.05, 4.69) is 10.1 Å². The fourth-order valence-electron chi connectivity index (χ4n) is 3.06. The number of alkyl halides is 2. The van der Waals surface area contributed by atoms with E-state index >= 15 is 0 Å². The van der Waals surface area contributed by atoms with Crippen molar-refractivity contribution >= 4 is 5.97 Å². The third-order valence-electron chi connectivity index (χ3n) is 4.17. The summed E-state index contributed by atoms with van der Waals surface area (Å²) in [5.41, 5.74) is 0.595. The van der Waals surface area contributed by atoms with Crippen molar-refractivity contribution in [2.24, 2.45) is 11.8 Å². The molecule has 0 amide bonds. The molecule has 1 fully saturated rings. The highest BCUT2D eigenvalue weighted by Crippen LogP contribution is 2.38. The van der Waals surface area contributed by atoms with Crippen LogP contribution in [0.4, 0.5) is 8.78 Å². The number of hydrogen-bond donors (Lipinski definition) is 0. The zero-order chi connectivity index (χ0) is 18.0. The quantitative estimate of drug-likeness (QED) is 0.731. The molecule has 0 aliphatic carbocycles. The molecule has 134 valence electrons. The molecule has 2 atom stereocenters. The molecule has 1 aromatic heterocycles. The number of nitrogens with zero attached hydrogens (tertiary/aromatic N) is 2. The van der Waals surface area contributed by atoms with Crippen LogP contribution in [-0.4, -0.2) is 22.2 Å². The van der Waals surface area contributed by atoms with E-state index in [4.69, 9.17) is 9.26 Å². The van der Waals surface area contributed by atoms with Gasteiger partial charge in [-0.15, -0.1) is 0 Å². The van der Waals surface area contributed by atoms with Crippen molar-refractivity contribution in [3.8, 4) is 11.4 Å². The Morgan fingerprint density at radius 1 is 1.28 bits per heavy atom. The molecule has 2 heterocycles. The maximum Gasteiger partial charge on any atom is 0.328 e. The SMILES string of the molecule is CC(C)C[C@@H]1C[C@H](CC(F)(F)c2nc(-c3ccccc3)no2)OC1=O. The number of cyclic esters (lactones) is 1. The summed E-state index contributed by atoms with van der Waals surface area (Å²) in [7, 11) is 0. The molecule has 1 aliphatic rings. The summed E-state index contributed by atoms with van der Waals surface area (Å²) in [4.78, 5) is 15.6. The topological polar surface area (TPSA) is 65.2 Å². The number of benzene rings is 1. The van der Waals surface area contributed by atoms with Gasteiger partial charge in [-0.3, -0.25) is 4.79 Å². The highest BCUT2D eigenvalue weighted by Gasteiger charge is 2.46. The summed E-state index contributed by atoms with van der Waals surface area (Å²) in [6.07, 6.45) is -0.548. The largest absolute Gasteiger partial charge is 0.462 e. The van der Waals surface area contributed by atoms with Crippen molar-refractivity contribution in [2.45, 2.75) is 45.1 Å². The van der Waals surface area contributed by atoms with Gasteiger partial charge in [0.05, 0.1) is 12.3 Å². The summed E-state index contributed by atoms with van der Waals surface area (Å²) in [5, 5.41) is 3.62. The number of halogens is 2. The number of ether oxygens (including phenoxy) is 1. The molecule has 7 heteroatoms. The molecule has 2 aromatic rings. The molecule has 0 unspecified atom stereocenters. The zero-order valence-electron chi connectivity index (χ0n) is 14.1. The van der Waals surface area contributed by atoms with Crippen LogP contribution in [0.5, 0.6) is 0 Å². The van der Waals surface area contributed by atoms with Crippen molar-refractivity contribution in [1.82, 2.24) is 10.1 Å². The lowest BCUT2D eigenvalue weighted by Gasteiger charge is -2.15. The monoisotopic (exact) mass is 350 g/mol. The van der Waals surface area contributed by atoms with E-state index in [-0.39, 0.29) is 11.7 Å². The molecule has 25 heavy (non-hydrogen) atoms. The second kappa shape index (κ2) is 6.90. The lowest BCUT2D eigenvalue weighted by Crippen LogP contribution is -2.22. The molecule has 1 aromatic carbocycles. The smallest absolute Gasteiger partial charge is 0.328 e. The van der Waals surface area contributed by atoms with Gasteiger partial charge in [-0.1, -0.05) is 49.3 Å². The number of hydrogen-bond acceptors (Lipinski definition) is 5. The summed E-state index contributed by atoms with van der Waals surface area (Å²) >= 11 is 0. The molecule has 0 radical (unpaired) electrons. The highest BCUT2D eigenvalue weighted by atomic mass is 19.3. The van der Waals surface area contributed by atoms with Crippen molar-refractivity contribution in [3.05, 3.63) is 36.2 Å². The number of carbonyl (C=O) groups is 1.